The van der Waals surface area contributed by atoms with Crippen LogP contribution < -0.4 is 5.69 Å². The Morgan fingerprint density at radius 3 is 2.74 bits per heavy atom. The minimum Gasteiger partial charge on any atom is -0.478 e. The molecule has 1 heterocycles. The maximum atomic E-state index is 11.6. The number of nitrogens with one attached hydrogen (secondary N) is 1. The summed E-state index contributed by atoms with van der Waals surface area (Å²) >= 11 is 1.16. The molecular formula is C12H13N3O3S. The zero-order chi connectivity index (χ0) is 14.0. The molecule has 0 amide bonds. The summed E-state index contributed by atoms with van der Waals surface area (Å²) in [6.45, 7) is 3.73. The molecule has 0 saturated heterocycles. The third-order valence-corrected chi connectivity index (χ3v) is 3.55. The number of hydrogen-bond acceptors (Lipinski definition) is 4. The molecule has 0 unspecified atom stereocenters. The second-order valence-electron chi connectivity index (χ2n) is 4.18. The highest BCUT2D eigenvalue weighted by Gasteiger charge is 2.16. The predicted molar refractivity (Wildman–Crippen MR) is 70.8 cm³/mol. The van der Waals surface area contributed by atoms with Crippen LogP contribution in [0.3, 0.4) is 0 Å². The molecule has 2 aromatic rings. The Balaban J connectivity index is 2.43. The van der Waals surface area contributed by atoms with Crippen LogP contribution in [-0.4, -0.2) is 25.8 Å². The minimum atomic E-state index is -1.00. The molecule has 0 radical (unpaired) electrons. The molecular weight excluding hydrogens is 266 g/mol. The lowest BCUT2D eigenvalue weighted by Gasteiger charge is -2.09. The van der Waals surface area contributed by atoms with Crippen LogP contribution >= 0.6 is 11.8 Å². The molecule has 0 aliphatic rings. The summed E-state index contributed by atoms with van der Waals surface area (Å²) in [5, 5.41) is 15.9. The number of aromatic carboxylic acids is 1. The third-order valence-electron chi connectivity index (χ3n) is 2.51. The number of nitrogens with zero attached hydrogens (tertiary/aromatic N) is 2. The summed E-state index contributed by atoms with van der Waals surface area (Å²) in [5.74, 6) is -1.00. The van der Waals surface area contributed by atoms with Gasteiger partial charge in [-0.15, -0.1) is 5.10 Å². The number of carbonyl (C=O) groups is 1. The highest BCUT2D eigenvalue weighted by molar-refractivity contribution is 7.99. The molecule has 7 heteroatoms. The Morgan fingerprint density at radius 1 is 1.42 bits per heavy atom. The zero-order valence-corrected chi connectivity index (χ0v) is 11.3. The highest BCUT2D eigenvalue weighted by atomic mass is 32.2. The van der Waals surface area contributed by atoms with E-state index in [4.69, 9.17) is 5.11 Å². The van der Waals surface area contributed by atoms with E-state index < -0.39 is 5.97 Å². The fourth-order valence-corrected chi connectivity index (χ4v) is 2.74. The number of hydrogen-bond donors (Lipinski definition) is 2. The molecule has 6 nitrogen and oxygen atoms in total. The van der Waals surface area contributed by atoms with Gasteiger partial charge in [0, 0.05) is 10.9 Å². The van der Waals surface area contributed by atoms with Crippen molar-refractivity contribution in [1.29, 1.82) is 0 Å². The van der Waals surface area contributed by atoms with Gasteiger partial charge in [0.25, 0.3) is 0 Å². The number of H-pyrrole nitrogens is 1. The molecule has 19 heavy (non-hydrogen) atoms. The molecule has 0 aliphatic carbocycles. The van der Waals surface area contributed by atoms with Crippen molar-refractivity contribution in [3.63, 3.8) is 0 Å². The Hall–Kier alpha value is -2.02. The summed E-state index contributed by atoms with van der Waals surface area (Å²) in [6.07, 6.45) is 0. The van der Waals surface area contributed by atoms with Crippen molar-refractivity contribution in [2.24, 2.45) is 0 Å². The Bertz CT molecular complexity index is 660. The molecule has 0 saturated carbocycles. The van der Waals surface area contributed by atoms with Crippen molar-refractivity contribution in [3.05, 3.63) is 40.3 Å². The van der Waals surface area contributed by atoms with Gasteiger partial charge in [-0.3, -0.25) is 4.57 Å². The third kappa shape index (κ3) is 2.70. The lowest BCUT2D eigenvalue weighted by molar-refractivity contribution is 0.0693. The summed E-state index contributed by atoms with van der Waals surface area (Å²) in [6, 6.07) is 6.57. The number of benzene rings is 1. The number of aromatic amines is 1. The molecule has 2 N–H and O–H groups in total. The van der Waals surface area contributed by atoms with E-state index in [0.29, 0.717) is 10.1 Å². The zero-order valence-electron chi connectivity index (χ0n) is 10.5. The van der Waals surface area contributed by atoms with E-state index in [0.717, 1.165) is 11.8 Å². The van der Waals surface area contributed by atoms with Gasteiger partial charge in [-0.05, 0) is 37.7 Å². The number of carboxylic acid groups (broad SMARTS) is 1. The summed E-state index contributed by atoms with van der Waals surface area (Å²) < 4.78 is 1.49. The van der Waals surface area contributed by atoms with Crippen molar-refractivity contribution in [2.45, 2.75) is 29.9 Å². The van der Waals surface area contributed by atoms with Gasteiger partial charge >= 0.3 is 11.7 Å². The van der Waals surface area contributed by atoms with E-state index in [2.05, 4.69) is 10.2 Å². The normalized spacial score (nSPS) is 10.9. The van der Waals surface area contributed by atoms with Crippen LogP contribution in [0, 0.1) is 0 Å². The minimum absolute atomic E-state index is 0.0502. The fraction of sp³-hybridized carbons (Fsp3) is 0.250. The monoisotopic (exact) mass is 279 g/mol. The molecule has 1 aromatic heterocycles. The molecule has 0 fully saturated rings. The molecule has 2 rings (SSSR count). The average Bonchev–Trinajstić information content (AvgIpc) is 2.71. The first-order valence-electron chi connectivity index (χ1n) is 5.67. The van der Waals surface area contributed by atoms with Gasteiger partial charge in [0.15, 0.2) is 5.16 Å². The molecule has 1 aromatic carbocycles. The molecule has 0 aliphatic heterocycles. The van der Waals surface area contributed by atoms with Crippen LogP contribution in [-0.2, 0) is 0 Å². The molecule has 100 valence electrons. The van der Waals surface area contributed by atoms with Crippen molar-refractivity contribution in [1.82, 2.24) is 14.8 Å². The van der Waals surface area contributed by atoms with Crippen LogP contribution in [0.25, 0.3) is 0 Å². The summed E-state index contributed by atoms with van der Waals surface area (Å²) in [5.41, 5.74) is -0.108. The van der Waals surface area contributed by atoms with Crippen molar-refractivity contribution in [2.75, 3.05) is 0 Å². The summed E-state index contributed by atoms with van der Waals surface area (Å²) in [7, 11) is 0. The lowest BCUT2D eigenvalue weighted by atomic mass is 10.2. The van der Waals surface area contributed by atoms with Gasteiger partial charge < -0.3 is 5.11 Å². The maximum Gasteiger partial charge on any atom is 0.344 e. The van der Waals surface area contributed by atoms with E-state index in [-0.39, 0.29) is 17.3 Å². The van der Waals surface area contributed by atoms with Crippen LogP contribution in [0.15, 0.2) is 39.1 Å². The Kier molecular flexibility index (Phi) is 3.75. The van der Waals surface area contributed by atoms with Crippen molar-refractivity contribution in [3.8, 4) is 0 Å². The Morgan fingerprint density at radius 2 is 2.11 bits per heavy atom. The van der Waals surface area contributed by atoms with Crippen LogP contribution in [0.2, 0.25) is 0 Å². The number of carboxylic acids is 1. The topological polar surface area (TPSA) is 88.0 Å². The fourth-order valence-electron chi connectivity index (χ4n) is 1.65. The largest absolute Gasteiger partial charge is 0.478 e. The van der Waals surface area contributed by atoms with Gasteiger partial charge in [-0.25, -0.2) is 14.7 Å². The van der Waals surface area contributed by atoms with E-state index in [1.807, 2.05) is 13.8 Å². The standard InChI is InChI=1S/C12H13N3O3S/c1-7(2)15-11(18)13-14-12(15)19-9-6-4-3-5-8(9)10(16)17/h3-7H,1-2H3,(H,13,18)(H,16,17). The summed E-state index contributed by atoms with van der Waals surface area (Å²) in [4.78, 5) is 23.3. The SMILES string of the molecule is CC(C)n1c(Sc2ccccc2C(=O)O)n[nH]c1=O. The first-order valence-corrected chi connectivity index (χ1v) is 6.49. The van der Waals surface area contributed by atoms with Crippen molar-refractivity contribution < 1.29 is 9.90 Å². The second-order valence-corrected chi connectivity index (χ2v) is 5.19. The van der Waals surface area contributed by atoms with Gasteiger partial charge in [0.05, 0.1) is 5.56 Å². The van der Waals surface area contributed by atoms with Gasteiger partial charge in [0.2, 0.25) is 0 Å². The van der Waals surface area contributed by atoms with Crippen LogP contribution in [0.4, 0.5) is 0 Å². The highest BCUT2D eigenvalue weighted by Crippen LogP contribution is 2.29. The first kappa shape index (κ1) is 13.4. The van der Waals surface area contributed by atoms with Crippen LogP contribution in [0.5, 0.6) is 0 Å². The lowest BCUT2D eigenvalue weighted by Crippen LogP contribution is -2.19. The second kappa shape index (κ2) is 5.31. The van der Waals surface area contributed by atoms with E-state index in [1.165, 1.54) is 10.6 Å². The molecule has 0 atom stereocenters. The van der Waals surface area contributed by atoms with E-state index >= 15 is 0 Å². The first-order chi connectivity index (χ1) is 9.00. The van der Waals surface area contributed by atoms with Gasteiger partial charge in [-0.2, -0.15) is 0 Å². The quantitative estimate of drug-likeness (QED) is 0.893. The molecule has 0 bridgehead atoms. The average molecular weight is 279 g/mol. The van der Waals surface area contributed by atoms with Gasteiger partial charge in [-0.1, -0.05) is 12.1 Å². The van der Waals surface area contributed by atoms with Gasteiger partial charge in [0.1, 0.15) is 0 Å². The van der Waals surface area contributed by atoms with E-state index in [1.54, 1.807) is 18.2 Å². The molecule has 0 spiro atoms. The maximum absolute atomic E-state index is 11.6. The predicted octanol–water partition coefficient (Wildman–Crippen LogP) is 2.00. The number of rotatable bonds is 4. The van der Waals surface area contributed by atoms with E-state index in [9.17, 15) is 9.59 Å². The number of aromatic nitrogens is 3. The van der Waals surface area contributed by atoms with Crippen molar-refractivity contribution >= 4 is 17.7 Å². The Labute approximate surface area is 113 Å². The van der Waals surface area contributed by atoms with Crippen LogP contribution in [0.1, 0.15) is 30.2 Å². The smallest absolute Gasteiger partial charge is 0.344 e.